The molecule has 0 saturated heterocycles. The highest BCUT2D eigenvalue weighted by atomic mass is 32.2. The highest BCUT2D eigenvalue weighted by Crippen LogP contribution is 2.37. The number of aliphatic carboxylic acids is 2. The predicted molar refractivity (Wildman–Crippen MR) is 276 cm³/mol. The van der Waals surface area contributed by atoms with Crippen molar-refractivity contribution in [1.82, 2.24) is 10.6 Å². The summed E-state index contributed by atoms with van der Waals surface area (Å²) in [6.45, 7) is 20.6. The molecule has 0 heterocycles. The molecule has 4 atom stereocenters. The molecule has 0 radical (unpaired) electrons. The highest BCUT2D eigenvalue weighted by molar-refractivity contribution is 8.01. The zero-order valence-electron chi connectivity index (χ0n) is 38.7. The molecule has 0 saturated carbocycles. The van der Waals surface area contributed by atoms with E-state index in [1.165, 1.54) is 94.4 Å². The largest absolute Gasteiger partial charge is 0.508 e. The van der Waals surface area contributed by atoms with Gasteiger partial charge in [-0.1, -0.05) is 48.3 Å². The van der Waals surface area contributed by atoms with E-state index < -0.39 is 24.1 Å². The van der Waals surface area contributed by atoms with Gasteiger partial charge in [0.2, 0.25) is 0 Å². The van der Waals surface area contributed by atoms with Gasteiger partial charge in [-0.15, -0.1) is 23.5 Å². The first-order valence-corrected chi connectivity index (χ1v) is 23.1. The number of aromatic hydroxyl groups is 2. The van der Waals surface area contributed by atoms with Crippen molar-refractivity contribution in [2.24, 2.45) is 0 Å². The number of carboxylic acids is 2. The Morgan fingerprint density at radius 2 is 0.866 bits per heavy atom. The highest BCUT2D eigenvalue weighted by Gasteiger charge is 2.28. The van der Waals surface area contributed by atoms with Crippen LogP contribution in [0.4, 0.5) is 0 Å². The van der Waals surface area contributed by atoms with Crippen molar-refractivity contribution in [3.63, 3.8) is 0 Å². The number of ether oxygens (including phenoxy) is 2. The van der Waals surface area contributed by atoms with Crippen LogP contribution >= 0.6 is 23.5 Å². The number of carbonyl (C=O) groups excluding carboxylic acids is 2. The summed E-state index contributed by atoms with van der Waals surface area (Å²) in [7, 11) is 0. The van der Waals surface area contributed by atoms with Crippen molar-refractivity contribution in [3.8, 4) is 23.0 Å². The zero-order chi connectivity index (χ0) is 47.8. The summed E-state index contributed by atoms with van der Waals surface area (Å²) in [6, 6.07) is 26.2. The van der Waals surface area contributed by atoms with E-state index in [9.17, 15) is 19.2 Å². The predicted octanol–water partition coefficient (Wildman–Crippen LogP) is 10.8. The van der Waals surface area contributed by atoms with Gasteiger partial charge in [-0.3, -0.25) is 9.59 Å². The van der Waals surface area contributed by atoms with Crippen molar-refractivity contribution >= 4 is 47.0 Å². The molecule has 6 rings (SSSR count). The molecule has 67 heavy (non-hydrogen) atoms. The molecule has 372 valence electrons. The second kappa shape index (κ2) is 29.0. The molecule has 2 aliphatic rings. The molecule has 0 aromatic heterocycles. The zero-order valence-corrected chi connectivity index (χ0v) is 40.3. The Hall–Kier alpha value is -5.02. The number of carboxylic acid groups (broad SMARTS) is 2. The van der Waals surface area contributed by atoms with E-state index in [4.69, 9.17) is 29.9 Å². The number of phenolic OH excluding ortho intramolecular Hbond substituents is 2. The number of fused-ring (bicyclic) bond motifs is 2. The smallest absolute Gasteiger partial charge is 0.344 e. The lowest BCUT2D eigenvalue weighted by Crippen LogP contribution is -2.28. The van der Waals surface area contributed by atoms with Crippen molar-refractivity contribution in [2.45, 2.75) is 161 Å². The average Bonchev–Trinajstić information content (AvgIpc) is 3.82. The van der Waals surface area contributed by atoms with E-state index in [-0.39, 0.29) is 54.8 Å². The van der Waals surface area contributed by atoms with Crippen molar-refractivity contribution in [2.75, 3.05) is 13.1 Å². The number of benzene rings is 4. The molecule has 14 heteroatoms. The minimum Gasteiger partial charge on any atom is -0.508 e. The SMILES string of the molecule is C.C.C.CCNC1Cc2ccc(SC(C)(C)C(C)=O)cc2C1.CCN[C@@H]1Cc2ccc(SC(C)(C)C(C)=O)cc2C1.C[C@@H](Oc1ccc(O)cc1)C(=O)O.C[C@@H](Oc1ccc(O)cc1)C(=O)O. The number of hydrogen-bond donors (Lipinski definition) is 6. The van der Waals surface area contributed by atoms with Gasteiger partial charge in [0.05, 0.1) is 9.49 Å². The second-order valence-corrected chi connectivity index (χ2v) is 20.1. The number of hydrogen-bond acceptors (Lipinski definition) is 12. The normalized spacial score (nSPS) is 15.1. The molecule has 0 fully saturated rings. The van der Waals surface area contributed by atoms with Gasteiger partial charge in [0.15, 0.2) is 12.2 Å². The fraction of sp³-hybridized carbons (Fsp3) is 0.472. The van der Waals surface area contributed by atoms with Crippen LogP contribution in [0.2, 0.25) is 0 Å². The van der Waals surface area contributed by atoms with Gasteiger partial charge in [-0.05, 0) is 189 Å². The van der Waals surface area contributed by atoms with E-state index in [0.717, 1.165) is 38.8 Å². The molecule has 0 bridgehead atoms. The van der Waals surface area contributed by atoms with Crippen molar-refractivity contribution in [3.05, 3.63) is 107 Å². The fourth-order valence-corrected chi connectivity index (χ4v) is 8.61. The number of phenols is 2. The number of Topliss-reactive ketones (excluding diaryl/α,β-unsaturated/α-hetero) is 2. The van der Waals surface area contributed by atoms with Gasteiger partial charge in [0.25, 0.3) is 0 Å². The molecule has 0 spiro atoms. The summed E-state index contributed by atoms with van der Waals surface area (Å²) in [4.78, 5) is 46.4. The summed E-state index contributed by atoms with van der Waals surface area (Å²) in [6.07, 6.45) is 2.71. The number of ketones is 2. The molecule has 4 aromatic rings. The topological polar surface area (TPSA) is 192 Å². The van der Waals surface area contributed by atoms with Gasteiger partial charge in [-0.2, -0.15) is 0 Å². The van der Waals surface area contributed by atoms with Gasteiger partial charge < -0.3 is 40.5 Å². The molecule has 2 aliphatic carbocycles. The fourth-order valence-electron chi connectivity index (χ4n) is 6.47. The van der Waals surface area contributed by atoms with Gasteiger partial charge in [0.1, 0.15) is 34.6 Å². The summed E-state index contributed by atoms with van der Waals surface area (Å²) in [5, 5.41) is 41.9. The van der Waals surface area contributed by atoms with Crippen LogP contribution < -0.4 is 20.1 Å². The molecular formula is C53H78N2O10S2. The van der Waals surface area contributed by atoms with Crippen LogP contribution in [-0.4, -0.2) is 90.8 Å². The Kier molecular flexibility index (Phi) is 26.8. The summed E-state index contributed by atoms with van der Waals surface area (Å²) in [5.41, 5.74) is 5.79. The Morgan fingerprint density at radius 1 is 0.567 bits per heavy atom. The van der Waals surface area contributed by atoms with Gasteiger partial charge in [0, 0.05) is 21.9 Å². The third-order valence-corrected chi connectivity index (χ3v) is 13.2. The summed E-state index contributed by atoms with van der Waals surface area (Å²) < 4.78 is 9.36. The maximum atomic E-state index is 11.6. The minimum atomic E-state index is -1.02. The van der Waals surface area contributed by atoms with Gasteiger partial charge >= 0.3 is 11.9 Å². The third kappa shape index (κ3) is 20.8. The molecule has 1 unspecified atom stereocenters. The lowest BCUT2D eigenvalue weighted by Gasteiger charge is -2.20. The minimum absolute atomic E-state index is 0. The van der Waals surface area contributed by atoms with Crippen LogP contribution in [0.25, 0.3) is 0 Å². The lowest BCUT2D eigenvalue weighted by atomic mass is 10.1. The van der Waals surface area contributed by atoms with Crippen LogP contribution in [0.5, 0.6) is 23.0 Å². The molecule has 0 aliphatic heterocycles. The van der Waals surface area contributed by atoms with Crippen LogP contribution in [0, 0.1) is 0 Å². The number of rotatable bonds is 16. The number of carbonyl (C=O) groups is 4. The maximum absolute atomic E-state index is 11.6. The van der Waals surface area contributed by atoms with Crippen molar-refractivity contribution < 1.29 is 49.1 Å². The molecular weight excluding hydrogens is 889 g/mol. The maximum Gasteiger partial charge on any atom is 0.344 e. The Bertz CT molecular complexity index is 2010. The molecule has 4 aromatic carbocycles. The van der Waals surface area contributed by atoms with E-state index in [0.29, 0.717) is 23.6 Å². The summed E-state index contributed by atoms with van der Waals surface area (Å²) >= 11 is 3.33. The first-order chi connectivity index (χ1) is 30.0. The van der Waals surface area contributed by atoms with E-state index in [1.54, 1.807) is 37.4 Å². The van der Waals surface area contributed by atoms with Crippen LogP contribution in [0.1, 0.15) is 114 Å². The number of nitrogens with one attached hydrogen (secondary N) is 2. The Balaban J connectivity index is 0.000000868. The Morgan fingerprint density at radius 3 is 1.13 bits per heavy atom. The molecule has 0 amide bonds. The van der Waals surface area contributed by atoms with Crippen molar-refractivity contribution in [1.29, 1.82) is 0 Å². The standard InChI is InChI=1S/2C16H23NOS.2C9H10O4.3CH4/c2*1-5-17-14-8-12-6-7-15(10-13(12)9-14)19-16(3,4)11(2)18;2*1-6(9(11)12)13-8-4-2-7(10)3-5-8;;;/h2*6-7,10,14,17H,5,8-9H2,1-4H3;2*2-6,10H,1H3,(H,11,12);3*1H4/t14-;;2*6-;;;/m1.11.../s1. The van der Waals surface area contributed by atoms with E-state index in [2.05, 4.69) is 60.9 Å². The first-order valence-electron chi connectivity index (χ1n) is 21.5. The average molecular weight is 967 g/mol. The summed E-state index contributed by atoms with van der Waals surface area (Å²) in [5.74, 6) is -0.501. The number of thioether (sulfide) groups is 2. The monoisotopic (exact) mass is 967 g/mol. The van der Waals surface area contributed by atoms with E-state index >= 15 is 0 Å². The second-order valence-electron chi connectivity index (χ2n) is 16.7. The third-order valence-electron chi connectivity index (χ3n) is 10.6. The number of likely N-dealkylation sites (N-methyl/N-ethyl adjacent to an activating group) is 2. The van der Waals surface area contributed by atoms with Gasteiger partial charge in [-0.25, -0.2) is 9.59 Å². The first kappa shape index (κ1) is 62.0. The Labute approximate surface area is 409 Å². The lowest BCUT2D eigenvalue weighted by molar-refractivity contribution is -0.145. The molecule has 6 N–H and O–H groups in total. The van der Waals surface area contributed by atoms with E-state index in [1.807, 2.05) is 27.7 Å². The van der Waals surface area contributed by atoms with Crippen LogP contribution in [0.15, 0.2) is 94.7 Å². The van der Waals surface area contributed by atoms with Crippen LogP contribution in [0.3, 0.4) is 0 Å². The quantitative estimate of drug-likeness (QED) is 0.0581. The van der Waals surface area contributed by atoms with Crippen LogP contribution in [-0.2, 0) is 44.9 Å². The molecule has 12 nitrogen and oxygen atoms in total.